The summed E-state index contributed by atoms with van der Waals surface area (Å²) < 4.78 is 13.9. The third kappa shape index (κ3) is 4.87. The van der Waals surface area contributed by atoms with Crippen LogP contribution in [-0.4, -0.2) is 61.0 Å². The summed E-state index contributed by atoms with van der Waals surface area (Å²) in [5.41, 5.74) is 0.512. The summed E-state index contributed by atoms with van der Waals surface area (Å²) in [4.78, 5) is 22.1. The smallest absolute Gasteiger partial charge is 0.230 e. The van der Waals surface area contributed by atoms with Crippen molar-refractivity contribution >= 4 is 22.4 Å². The standard InChI is InChI=1S/C19H25FN4OS/c1-23(2)10-11-24-9-5-6-14(13-24)18(25)22-19-21-12-17(26-19)15-7-3-4-8-16(15)20/h3-4,7-8,12,14H,5-6,9-11,13H2,1-2H3,(H,21,22,25). The van der Waals surface area contributed by atoms with Gasteiger partial charge in [0.05, 0.1) is 10.8 Å². The minimum atomic E-state index is -0.280. The number of rotatable bonds is 6. The summed E-state index contributed by atoms with van der Waals surface area (Å²) in [6, 6.07) is 6.60. The van der Waals surface area contributed by atoms with Crippen molar-refractivity contribution in [2.75, 3.05) is 45.6 Å². The third-order valence-electron chi connectivity index (χ3n) is 4.61. The van der Waals surface area contributed by atoms with Crippen LogP contribution >= 0.6 is 11.3 Å². The quantitative estimate of drug-likeness (QED) is 0.841. The fourth-order valence-corrected chi connectivity index (χ4v) is 3.99. The second-order valence-electron chi connectivity index (χ2n) is 6.94. The molecule has 1 amide bonds. The molecule has 1 aliphatic heterocycles. The van der Waals surface area contributed by atoms with E-state index in [1.54, 1.807) is 24.4 Å². The SMILES string of the molecule is CN(C)CCN1CCCC(C(=O)Nc2ncc(-c3ccccc3F)s2)C1. The van der Waals surface area contributed by atoms with Crippen molar-refractivity contribution in [3.63, 3.8) is 0 Å². The van der Waals surface area contributed by atoms with Crippen LogP contribution < -0.4 is 5.32 Å². The molecule has 1 atom stereocenters. The molecule has 26 heavy (non-hydrogen) atoms. The van der Waals surface area contributed by atoms with Crippen molar-refractivity contribution in [3.8, 4) is 10.4 Å². The van der Waals surface area contributed by atoms with Crippen molar-refractivity contribution < 1.29 is 9.18 Å². The largest absolute Gasteiger partial charge is 0.308 e. The van der Waals surface area contributed by atoms with Crippen molar-refractivity contribution in [3.05, 3.63) is 36.3 Å². The highest BCUT2D eigenvalue weighted by Gasteiger charge is 2.26. The molecular formula is C19H25FN4OS. The summed E-state index contributed by atoms with van der Waals surface area (Å²) in [7, 11) is 4.12. The van der Waals surface area contributed by atoms with Crippen LogP contribution in [0.4, 0.5) is 9.52 Å². The number of aromatic nitrogens is 1. The molecule has 1 saturated heterocycles. The summed E-state index contributed by atoms with van der Waals surface area (Å²) in [6.07, 6.45) is 3.54. The molecule has 1 aromatic carbocycles. The fourth-order valence-electron chi connectivity index (χ4n) is 3.14. The molecule has 0 aliphatic carbocycles. The second-order valence-corrected chi connectivity index (χ2v) is 7.97. The van der Waals surface area contributed by atoms with Crippen LogP contribution in [0.25, 0.3) is 10.4 Å². The molecule has 2 heterocycles. The molecule has 1 fully saturated rings. The molecule has 1 N–H and O–H groups in total. The number of piperidine rings is 1. The van der Waals surface area contributed by atoms with E-state index < -0.39 is 0 Å². The number of hydrogen-bond acceptors (Lipinski definition) is 5. The number of nitrogens with one attached hydrogen (secondary N) is 1. The first-order valence-electron chi connectivity index (χ1n) is 8.91. The Bertz CT molecular complexity index is 749. The van der Waals surface area contributed by atoms with Crippen LogP contribution in [0.5, 0.6) is 0 Å². The van der Waals surface area contributed by atoms with Crippen molar-refractivity contribution in [2.24, 2.45) is 5.92 Å². The van der Waals surface area contributed by atoms with E-state index >= 15 is 0 Å². The van der Waals surface area contributed by atoms with Gasteiger partial charge in [-0.2, -0.15) is 0 Å². The van der Waals surface area contributed by atoms with Crippen LogP contribution in [0, 0.1) is 11.7 Å². The number of anilines is 1. The normalized spacial score (nSPS) is 18.2. The molecule has 0 saturated carbocycles. The van der Waals surface area contributed by atoms with Crippen molar-refractivity contribution in [2.45, 2.75) is 12.8 Å². The lowest BCUT2D eigenvalue weighted by atomic mass is 9.97. The molecule has 0 spiro atoms. The molecule has 1 aromatic heterocycles. The first-order chi connectivity index (χ1) is 12.5. The topological polar surface area (TPSA) is 48.5 Å². The molecule has 0 bridgehead atoms. The second kappa shape index (κ2) is 8.70. The van der Waals surface area contributed by atoms with Crippen LogP contribution in [-0.2, 0) is 4.79 Å². The molecule has 1 aliphatic rings. The highest BCUT2D eigenvalue weighted by atomic mass is 32.1. The molecule has 7 heteroatoms. The molecule has 1 unspecified atom stereocenters. The summed E-state index contributed by atoms with van der Waals surface area (Å²) in [5, 5.41) is 3.44. The maximum absolute atomic E-state index is 13.9. The predicted molar refractivity (Wildman–Crippen MR) is 104 cm³/mol. The van der Waals surface area contributed by atoms with E-state index in [1.165, 1.54) is 17.4 Å². The number of halogens is 1. The Balaban J connectivity index is 1.59. The lowest BCUT2D eigenvalue weighted by Crippen LogP contribution is -2.43. The Morgan fingerprint density at radius 3 is 3.00 bits per heavy atom. The van der Waals surface area contributed by atoms with E-state index in [0.29, 0.717) is 10.7 Å². The van der Waals surface area contributed by atoms with Gasteiger partial charge >= 0.3 is 0 Å². The number of likely N-dealkylation sites (tertiary alicyclic amines) is 1. The number of carbonyl (C=O) groups excluding carboxylic acids is 1. The number of thiazole rings is 1. The Kier molecular flexibility index (Phi) is 6.34. The summed E-state index contributed by atoms with van der Waals surface area (Å²) in [6.45, 7) is 3.80. The lowest BCUT2D eigenvalue weighted by molar-refractivity contribution is -0.121. The third-order valence-corrected chi connectivity index (χ3v) is 5.56. The van der Waals surface area contributed by atoms with Gasteiger partial charge in [-0.25, -0.2) is 9.37 Å². The fraction of sp³-hybridized carbons (Fsp3) is 0.474. The van der Waals surface area contributed by atoms with E-state index in [4.69, 9.17) is 0 Å². The predicted octanol–water partition coefficient (Wildman–Crippen LogP) is 3.16. The Hall–Kier alpha value is -1.83. The van der Waals surface area contributed by atoms with Crippen LogP contribution in [0.1, 0.15) is 12.8 Å². The summed E-state index contributed by atoms with van der Waals surface area (Å²) in [5.74, 6) is -0.293. The van der Waals surface area contributed by atoms with Gasteiger partial charge in [0.2, 0.25) is 5.91 Å². The Labute approximate surface area is 157 Å². The highest BCUT2D eigenvalue weighted by Crippen LogP contribution is 2.31. The number of hydrogen-bond donors (Lipinski definition) is 1. The molecule has 140 valence electrons. The number of carbonyl (C=O) groups is 1. The number of benzene rings is 1. The van der Waals surface area contributed by atoms with Crippen LogP contribution in [0.15, 0.2) is 30.5 Å². The van der Waals surface area contributed by atoms with Gasteiger partial charge in [0.1, 0.15) is 5.82 Å². The molecule has 2 aromatic rings. The average Bonchev–Trinajstić information content (AvgIpc) is 3.09. The van der Waals surface area contributed by atoms with E-state index in [0.717, 1.165) is 43.9 Å². The Morgan fingerprint density at radius 1 is 1.42 bits per heavy atom. The zero-order valence-corrected chi connectivity index (χ0v) is 16.1. The number of nitrogens with zero attached hydrogens (tertiary/aromatic N) is 3. The van der Waals surface area contributed by atoms with Gasteiger partial charge in [-0.3, -0.25) is 4.79 Å². The molecule has 3 rings (SSSR count). The maximum atomic E-state index is 13.9. The van der Waals surface area contributed by atoms with Gasteiger partial charge in [0.25, 0.3) is 0 Å². The van der Waals surface area contributed by atoms with E-state index in [1.807, 2.05) is 0 Å². The van der Waals surface area contributed by atoms with Crippen molar-refractivity contribution in [1.82, 2.24) is 14.8 Å². The first-order valence-corrected chi connectivity index (χ1v) is 9.73. The Morgan fingerprint density at radius 2 is 2.23 bits per heavy atom. The van der Waals surface area contributed by atoms with Crippen LogP contribution in [0.3, 0.4) is 0 Å². The number of likely N-dealkylation sites (N-methyl/N-ethyl adjacent to an activating group) is 1. The van der Waals surface area contributed by atoms with Crippen LogP contribution in [0.2, 0.25) is 0 Å². The molecule has 0 radical (unpaired) electrons. The number of amides is 1. The average molecular weight is 377 g/mol. The van der Waals surface area contributed by atoms with Gasteiger partial charge in [-0.15, -0.1) is 0 Å². The lowest BCUT2D eigenvalue weighted by Gasteiger charge is -2.32. The van der Waals surface area contributed by atoms with E-state index in [-0.39, 0.29) is 17.6 Å². The zero-order valence-electron chi connectivity index (χ0n) is 15.2. The molecular weight excluding hydrogens is 351 g/mol. The van der Waals surface area contributed by atoms with Crippen molar-refractivity contribution in [1.29, 1.82) is 0 Å². The van der Waals surface area contributed by atoms with Gasteiger partial charge in [-0.05, 0) is 39.5 Å². The zero-order chi connectivity index (χ0) is 18.5. The highest BCUT2D eigenvalue weighted by molar-refractivity contribution is 7.19. The van der Waals surface area contributed by atoms with Gasteiger partial charge in [-0.1, -0.05) is 29.5 Å². The summed E-state index contributed by atoms with van der Waals surface area (Å²) >= 11 is 1.30. The van der Waals surface area contributed by atoms with Gasteiger partial charge in [0, 0.05) is 31.4 Å². The maximum Gasteiger partial charge on any atom is 0.230 e. The van der Waals surface area contributed by atoms with E-state index in [2.05, 4.69) is 34.2 Å². The monoisotopic (exact) mass is 376 g/mol. The molecule has 5 nitrogen and oxygen atoms in total. The minimum absolute atomic E-state index is 0.00832. The van der Waals surface area contributed by atoms with Gasteiger partial charge in [0.15, 0.2) is 5.13 Å². The minimum Gasteiger partial charge on any atom is -0.308 e. The van der Waals surface area contributed by atoms with Gasteiger partial charge < -0.3 is 15.1 Å². The first kappa shape index (κ1) is 18.9. The van der Waals surface area contributed by atoms with E-state index in [9.17, 15) is 9.18 Å².